The van der Waals surface area contributed by atoms with E-state index in [1.165, 1.54) is 10.7 Å². The maximum atomic E-state index is 13.5. The third kappa shape index (κ3) is 3.98. The molecule has 3 rings (SSSR count). The average Bonchev–Trinajstić information content (AvgIpc) is 3.05. The van der Waals surface area contributed by atoms with Crippen molar-refractivity contribution in [2.24, 2.45) is 0 Å². The summed E-state index contributed by atoms with van der Waals surface area (Å²) in [6, 6.07) is 11.8. The fourth-order valence-electron chi connectivity index (χ4n) is 2.18. The Morgan fingerprint density at radius 3 is 2.79 bits per heavy atom. The van der Waals surface area contributed by atoms with Crippen LogP contribution in [-0.2, 0) is 17.9 Å². The Kier molecular flexibility index (Phi) is 5.19. The Morgan fingerprint density at radius 1 is 1.17 bits per heavy atom. The fraction of sp³-hybridized carbons (Fsp3) is 0.250. The lowest BCUT2D eigenvalue weighted by Gasteiger charge is -2.12. The third-order valence-electron chi connectivity index (χ3n) is 3.34. The van der Waals surface area contributed by atoms with Crippen LogP contribution in [-0.4, -0.2) is 43.0 Å². The lowest BCUT2D eigenvalue weighted by molar-refractivity contribution is 0.0178. The van der Waals surface area contributed by atoms with Gasteiger partial charge in [-0.15, -0.1) is 5.10 Å². The van der Waals surface area contributed by atoms with E-state index in [2.05, 4.69) is 20.5 Å². The smallest absolute Gasteiger partial charge is 0.200 e. The third-order valence-corrected chi connectivity index (χ3v) is 3.34. The second kappa shape index (κ2) is 7.71. The van der Waals surface area contributed by atoms with Crippen molar-refractivity contribution in [1.29, 1.82) is 0 Å². The molecule has 0 radical (unpaired) electrons. The van der Waals surface area contributed by atoms with Gasteiger partial charge in [0.15, 0.2) is 0 Å². The van der Waals surface area contributed by atoms with Gasteiger partial charge in [-0.3, -0.25) is 4.98 Å². The summed E-state index contributed by atoms with van der Waals surface area (Å²) in [5.41, 5.74) is 1.06. The van der Waals surface area contributed by atoms with Crippen molar-refractivity contribution in [2.45, 2.75) is 19.3 Å². The highest BCUT2D eigenvalue weighted by Gasteiger charge is 2.14. The minimum Gasteiger partial charge on any atom is -0.389 e. The molecule has 0 bridgehead atoms. The van der Waals surface area contributed by atoms with E-state index in [9.17, 15) is 9.50 Å². The van der Waals surface area contributed by atoms with Crippen molar-refractivity contribution in [3.63, 3.8) is 0 Å². The van der Waals surface area contributed by atoms with Crippen molar-refractivity contribution in [3.05, 3.63) is 60.0 Å². The zero-order valence-electron chi connectivity index (χ0n) is 12.8. The summed E-state index contributed by atoms with van der Waals surface area (Å²) in [7, 11) is 0. The number of tetrazole rings is 1. The Labute approximate surface area is 137 Å². The van der Waals surface area contributed by atoms with Gasteiger partial charge in [0.1, 0.15) is 11.5 Å². The van der Waals surface area contributed by atoms with Gasteiger partial charge in [0.25, 0.3) is 0 Å². The molecule has 0 fully saturated rings. The molecular weight excluding hydrogens is 313 g/mol. The van der Waals surface area contributed by atoms with Gasteiger partial charge in [-0.05, 0) is 28.6 Å². The van der Waals surface area contributed by atoms with Gasteiger partial charge in [0, 0.05) is 11.8 Å². The van der Waals surface area contributed by atoms with E-state index in [-0.39, 0.29) is 25.6 Å². The van der Waals surface area contributed by atoms with Crippen molar-refractivity contribution < 1.29 is 14.2 Å². The molecule has 7 nitrogen and oxygen atoms in total. The first-order valence-electron chi connectivity index (χ1n) is 7.41. The summed E-state index contributed by atoms with van der Waals surface area (Å²) >= 11 is 0. The molecule has 1 aromatic carbocycles. The van der Waals surface area contributed by atoms with Gasteiger partial charge < -0.3 is 9.84 Å². The van der Waals surface area contributed by atoms with Crippen LogP contribution >= 0.6 is 0 Å². The van der Waals surface area contributed by atoms with Gasteiger partial charge in [0.2, 0.25) is 5.82 Å². The Hall–Kier alpha value is -2.71. The number of benzene rings is 1. The van der Waals surface area contributed by atoms with Gasteiger partial charge >= 0.3 is 0 Å². The van der Waals surface area contributed by atoms with Gasteiger partial charge in [-0.25, -0.2) is 9.07 Å². The van der Waals surface area contributed by atoms with Crippen LogP contribution in [0.25, 0.3) is 11.5 Å². The molecule has 0 unspecified atom stereocenters. The molecule has 0 spiro atoms. The summed E-state index contributed by atoms with van der Waals surface area (Å²) < 4.78 is 20.3. The highest BCUT2D eigenvalue weighted by atomic mass is 19.1. The molecule has 0 saturated carbocycles. The molecular formula is C16H16FN5O2. The second-order valence-electron chi connectivity index (χ2n) is 5.16. The van der Waals surface area contributed by atoms with Crippen LogP contribution in [0.1, 0.15) is 5.56 Å². The lowest BCUT2D eigenvalue weighted by atomic mass is 10.2. The predicted octanol–water partition coefficient (Wildman–Crippen LogP) is 1.45. The van der Waals surface area contributed by atoms with Gasteiger partial charge in [-0.2, -0.15) is 0 Å². The number of hydrogen-bond donors (Lipinski definition) is 1. The van der Waals surface area contributed by atoms with Crippen molar-refractivity contribution in [2.75, 3.05) is 6.61 Å². The highest BCUT2D eigenvalue weighted by molar-refractivity contribution is 5.47. The monoisotopic (exact) mass is 329 g/mol. The number of ether oxygens (including phenoxy) is 1. The molecule has 0 aliphatic rings. The van der Waals surface area contributed by atoms with Crippen LogP contribution < -0.4 is 0 Å². The fourth-order valence-corrected chi connectivity index (χ4v) is 2.18. The number of hydrogen-bond acceptors (Lipinski definition) is 6. The van der Waals surface area contributed by atoms with E-state index >= 15 is 0 Å². The summed E-state index contributed by atoms with van der Waals surface area (Å²) in [6.07, 6.45) is 0.810. The maximum Gasteiger partial charge on any atom is 0.200 e. The van der Waals surface area contributed by atoms with E-state index in [1.54, 1.807) is 36.5 Å². The molecule has 8 heteroatoms. The largest absolute Gasteiger partial charge is 0.389 e. The zero-order chi connectivity index (χ0) is 16.8. The number of pyridine rings is 1. The van der Waals surface area contributed by atoms with E-state index in [0.29, 0.717) is 17.1 Å². The predicted molar refractivity (Wildman–Crippen MR) is 83.1 cm³/mol. The van der Waals surface area contributed by atoms with Crippen LogP contribution in [0.2, 0.25) is 0 Å². The summed E-state index contributed by atoms with van der Waals surface area (Å²) in [6.45, 7) is 0.276. The molecule has 0 amide bonds. The zero-order valence-corrected chi connectivity index (χ0v) is 12.8. The number of halogens is 1. The van der Waals surface area contributed by atoms with Crippen molar-refractivity contribution >= 4 is 0 Å². The number of nitrogens with zero attached hydrogens (tertiary/aromatic N) is 5. The first-order chi connectivity index (χ1) is 11.7. The van der Waals surface area contributed by atoms with Crippen LogP contribution in [0, 0.1) is 5.82 Å². The van der Waals surface area contributed by atoms with E-state index in [4.69, 9.17) is 4.74 Å². The molecule has 1 atom stereocenters. The van der Waals surface area contributed by atoms with Crippen molar-refractivity contribution in [1.82, 2.24) is 25.2 Å². The molecule has 124 valence electrons. The molecule has 0 saturated heterocycles. The number of aromatic nitrogens is 5. The Bertz CT molecular complexity index is 781. The average molecular weight is 329 g/mol. The van der Waals surface area contributed by atoms with E-state index in [1.807, 2.05) is 6.07 Å². The molecule has 0 aliphatic heterocycles. The highest BCUT2D eigenvalue weighted by Crippen LogP contribution is 2.12. The number of rotatable bonds is 7. The standard InChI is InChI=1S/C16H16FN5O2/c17-14-6-2-1-5-12(14)10-24-11-13(23)9-22-16(19-20-21-22)15-7-3-4-8-18-15/h1-8,13,23H,9-11H2/t13-/m1/s1. The number of aliphatic hydroxyl groups is 1. The van der Waals surface area contributed by atoms with Crippen molar-refractivity contribution in [3.8, 4) is 11.5 Å². The van der Waals surface area contributed by atoms with Crippen LogP contribution in [0.15, 0.2) is 48.7 Å². The molecule has 0 aliphatic carbocycles. The Balaban J connectivity index is 1.55. The van der Waals surface area contributed by atoms with Gasteiger partial charge in [-0.1, -0.05) is 24.3 Å². The van der Waals surface area contributed by atoms with Crippen LogP contribution in [0.3, 0.4) is 0 Å². The lowest BCUT2D eigenvalue weighted by Crippen LogP contribution is -2.23. The molecule has 3 aromatic rings. The SMILES string of the molecule is O[C@@H](COCc1ccccc1F)Cn1nnnc1-c1ccccn1. The molecule has 2 heterocycles. The molecule has 2 aromatic heterocycles. The summed E-state index contributed by atoms with van der Waals surface area (Å²) in [5, 5.41) is 21.5. The van der Waals surface area contributed by atoms with Crippen LogP contribution in [0.4, 0.5) is 4.39 Å². The number of aliphatic hydroxyl groups excluding tert-OH is 1. The minimum absolute atomic E-state index is 0.0376. The quantitative estimate of drug-likeness (QED) is 0.706. The second-order valence-corrected chi connectivity index (χ2v) is 5.16. The summed E-state index contributed by atoms with van der Waals surface area (Å²) in [5.74, 6) is 0.133. The van der Waals surface area contributed by atoms with Crippen LogP contribution in [0.5, 0.6) is 0 Å². The first kappa shape index (κ1) is 16.2. The topological polar surface area (TPSA) is 86.0 Å². The van der Waals surface area contributed by atoms with Gasteiger partial charge in [0.05, 0.1) is 25.9 Å². The Morgan fingerprint density at radius 2 is 2.00 bits per heavy atom. The molecule has 24 heavy (non-hydrogen) atoms. The van der Waals surface area contributed by atoms with E-state index < -0.39 is 6.10 Å². The normalized spacial score (nSPS) is 12.2. The summed E-state index contributed by atoms with van der Waals surface area (Å²) in [4.78, 5) is 4.18. The minimum atomic E-state index is -0.831. The van der Waals surface area contributed by atoms with E-state index in [0.717, 1.165) is 0 Å². The first-order valence-corrected chi connectivity index (χ1v) is 7.41. The molecule has 1 N–H and O–H groups in total. The maximum absolute atomic E-state index is 13.5.